The lowest BCUT2D eigenvalue weighted by molar-refractivity contribution is -0.161. The highest BCUT2D eigenvalue weighted by Gasteiger charge is 2.42. The Morgan fingerprint density at radius 3 is 2.91 bits per heavy atom. The van der Waals surface area contributed by atoms with E-state index in [4.69, 9.17) is 10.5 Å². The number of carbonyl (C=O) groups is 1. The minimum atomic E-state index is -2.02. The number of hydrogen-bond donors (Lipinski definition) is 3. The minimum absolute atomic E-state index is 0.136. The molecular weight excluding hydrogens is 296 g/mol. The van der Waals surface area contributed by atoms with Gasteiger partial charge in [0.1, 0.15) is 5.75 Å². The second kappa shape index (κ2) is 7.75. The molecule has 0 aromatic carbocycles. The molecule has 1 aliphatic rings. The van der Waals surface area contributed by atoms with Gasteiger partial charge in [-0.2, -0.15) is 0 Å². The van der Waals surface area contributed by atoms with Gasteiger partial charge in [0.2, 0.25) is 0 Å². The minimum Gasteiger partial charge on any atom is -0.493 e. The summed E-state index contributed by atoms with van der Waals surface area (Å²) in [5.74, 6) is 0.119. The van der Waals surface area contributed by atoms with Crippen molar-refractivity contribution >= 4 is 5.97 Å². The quantitative estimate of drug-likeness (QED) is 0.606. The summed E-state index contributed by atoms with van der Waals surface area (Å²) >= 11 is 0. The fraction of sp³-hybridized carbons (Fsp3) is 0.647. The Bertz CT molecular complexity index is 533. The van der Waals surface area contributed by atoms with Gasteiger partial charge in [-0.15, -0.1) is 0 Å². The van der Waals surface area contributed by atoms with Gasteiger partial charge in [-0.25, -0.2) is 4.79 Å². The van der Waals surface area contributed by atoms with E-state index >= 15 is 0 Å². The Labute approximate surface area is 136 Å². The fourth-order valence-corrected chi connectivity index (χ4v) is 2.58. The first-order valence-electron chi connectivity index (χ1n) is 8.24. The van der Waals surface area contributed by atoms with Crippen molar-refractivity contribution in [2.75, 3.05) is 6.61 Å². The van der Waals surface area contributed by atoms with Crippen LogP contribution in [0, 0.1) is 5.92 Å². The molecule has 4 N–H and O–H groups in total. The zero-order valence-corrected chi connectivity index (χ0v) is 13.6. The number of aromatic nitrogens is 1. The highest BCUT2D eigenvalue weighted by molar-refractivity contribution is 5.78. The van der Waals surface area contributed by atoms with Crippen molar-refractivity contribution < 1.29 is 19.7 Å². The van der Waals surface area contributed by atoms with E-state index in [1.54, 1.807) is 18.3 Å². The van der Waals surface area contributed by atoms with Crippen LogP contribution >= 0.6 is 0 Å². The van der Waals surface area contributed by atoms with Crippen LogP contribution in [0.3, 0.4) is 0 Å². The predicted octanol–water partition coefficient (Wildman–Crippen LogP) is 1.75. The smallest absolute Gasteiger partial charge is 0.337 e. The summed E-state index contributed by atoms with van der Waals surface area (Å²) in [6, 6.07) is 2.58. The van der Waals surface area contributed by atoms with Crippen LogP contribution in [0.1, 0.15) is 44.7 Å². The Morgan fingerprint density at radius 1 is 1.57 bits per heavy atom. The van der Waals surface area contributed by atoms with Crippen LogP contribution in [-0.2, 0) is 11.2 Å². The maximum Gasteiger partial charge on any atom is 0.337 e. The number of ether oxygens (including phenoxy) is 1. The van der Waals surface area contributed by atoms with E-state index in [1.165, 1.54) is 12.8 Å². The van der Waals surface area contributed by atoms with Crippen LogP contribution in [0.2, 0.25) is 0 Å². The molecule has 0 bridgehead atoms. The van der Waals surface area contributed by atoms with Crippen molar-refractivity contribution in [3.05, 3.63) is 24.0 Å². The van der Waals surface area contributed by atoms with Crippen molar-refractivity contribution in [2.45, 2.75) is 57.1 Å². The van der Waals surface area contributed by atoms with Crippen molar-refractivity contribution in [1.29, 1.82) is 0 Å². The van der Waals surface area contributed by atoms with Gasteiger partial charge < -0.3 is 20.7 Å². The van der Waals surface area contributed by atoms with Crippen LogP contribution < -0.4 is 10.5 Å². The summed E-state index contributed by atoms with van der Waals surface area (Å²) in [6.45, 7) is 2.54. The van der Waals surface area contributed by atoms with Crippen molar-refractivity contribution in [1.82, 2.24) is 4.98 Å². The summed E-state index contributed by atoms with van der Waals surface area (Å²) in [6.07, 6.45) is 6.17. The number of pyridine rings is 1. The number of carboxylic acids is 1. The predicted molar refractivity (Wildman–Crippen MR) is 86.2 cm³/mol. The molecule has 0 spiro atoms. The Morgan fingerprint density at radius 2 is 2.30 bits per heavy atom. The first-order chi connectivity index (χ1) is 11.0. The third-order valence-electron chi connectivity index (χ3n) is 4.31. The Balaban J connectivity index is 2.02. The molecule has 0 aliphatic heterocycles. The molecule has 1 saturated carbocycles. The third kappa shape index (κ3) is 4.91. The van der Waals surface area contributed by atoms with Crippen LogP contribution in [0.5, 0.6) is 5.75 Å². The van der Waals surface area contributed by atoms with Crippen LogP contribution in [0.25, 0.3) is 0 Å². The average Bonchev–Trinajstić information content (AvgIpc) is 3.32. The van der Waals surface area contributed by atoms with E-state index in [0.29, 0.717) is 30.9 Å². The van der Waals surface area contributed by atoms with Gasteiger partial charge in [-0.1, -0.05) is 26.2 Å². The van der Waals surface area contributed by atoms with Gasteiger partial charge in [0.25, 0.3) is 0 Å². The topological polar surface area (TPSA) is 106 Å². The first-order valence-corrected chi connectivity index (χ1v) is 8.24. The lowest BCUT2D eigenvalue weighted by Crippen LogP contribution is -2.55. The largest absolute Gasteiger partial charge is 0.493 e. The zero-order valence-electron chi connectivity index (χ0n) is 13.6. The molecule has 6 heteroatoms. The maximum absolute atomic E-state index is 11.5. The van der Waals surface area contributed by atoms with Gasteiger partial charge in [0, 0.05) is 30.4 Å². The molecule has 0 radical (unpaired) electrons. The Kier molecular flexibility index (Phi) is 5.96. The molecule has 1 heterocycles. The van der Waals surface area contributed by atoms with E-state index in [-0.39, 0.29) is 6.42 Å². The highest BCUT2D eigenvalue weighted by Crippen LogP contribution is 2.32. The fourth-order valence-electron chi connectivity index (χ4n) is 2.58. The second-order valence-electron chi connectivity index (χ2n) is 6.36. The lowest BCUT2D eigenvalue weighted by atomic mass is 9.87. The van der Waals surface area contributed by atoms with Crippen molar-refractivity contribution in [2.24, 2.45) is 11.7 Å². The third-order valence-corrected chi connectivity index (χ3v) is 4.31. The number of nitrogens with zero attached hydrogens (tertiary/aromatic N) is 1. The highest BCUT2D eigenvalue weighted by atomic mass is 16.5. The molecular formula is C17H26N2O4. The molecule has 0 unspecified atom stereocenters. The molecule has 2 rings (SSSR count). The van der Waals surface area contributed by atoms with Crippen LogP contribution in [0.4, 0.5) is 0 Å². The molecule has 128 valence electrons. The lowest BCUT2D eigenvalue weighted by Gasteiger charge is -2.29. The summed E-state index contributed by atoms with van der Waals surface area (Å²) in [5.41, 5.74) is 4.33. The van der Waals surface area contributed by atoms with Gasteiger partial charge in [0.15, 0.2) is 5.60 Å². The SMILES string of the molecule is CCC[C@H](N)[C@](O)(Cc1cc(OCCC2CC2)ccn1)C(=O)O. The molecule has 6 nitrogen and oxygen atoms in total. The van der Waals surface area contributed by atoms with Gasteiger partial charge in [0.05, 0.1) is 6.61 Å². The van der Waals surface area contributed by atoms with Gasteiger partial charge in [-0.3, -0.25) is 4.98 Å². The van der Waals surface area contributed by atoms with E-state index in [9.17, 15) is 15.0 Å². The molecule has 0 saturated heterocycles. The van der Waals surface area contributed by atoms with Crippen LogP contribution in [-0.4, -0.2) is 39.4 Å². The number of rotatable bonds is 10. The molecule has 1 aliphatic carbocycles. The van der Waals surface area contributed by atoms with E-state index in [1.807, 2.05) is 6.92 Å². The number of carboxylic acid groups (broad SMARTS) is 1. The first kappa shape index (κ1) is 17.7. The number of aliphatic carboxylic acids is 1. The Hall–Kier alpha value is -1.66. The van der Waals surface area contributed by atoms with E-state index < -0.39 is 17.6 Å². The molecule has 2 atom stereocenters. The molecule has 0 amide bonds. The molecule has 1 fully saturated rings. The second-order valence-corrected chi connectivity index (χ2v) is 6.36. The summed E-state index contributed by atoms with van der Waals surface area (Å²) in [7, 11) is 0. The molecule has 1 aromatic heterocycles. The zero-order chi connectivity index (χ0) is 16.9. The van der Waals surface area contributed by atoms with Crippen molar-refractivity contribution in [3.63, 3.8) is 0 Å². The standard InChI is InChI=1S/C17H26N2O4/c1-2-3-15(18)17(22,16(20)21)11-13-10-14(6-8-19-13)23-9-7-12-4-5-12/h6,8,10,12,15,22H,2-5,7,9,11,18H2,1H3,(H,20,21)/t15-,17+/m0/s1. The van der Waals surface area contributed by atoms with Crippen LogP contribution in [0.15, 0.2) is 18.3 Å². The molecule has 1 aromatic rings. The average molecular weight is 322 g/mol. The number of nitrogens with two attached hydrogens (primary N) is 1. The molecule has 23 heavy (non-hydrogen) atoms. The van der Waals surface area contributed by atoms with Gasteiger partial charge >= 0.3 is 5.97 Å². The van der Waals surface area contributed by atoms with Crippen molar-refractivity contribution in [3.8, 4) is 5.75 Å². The summed E-state index contributed by atoms with van der Waals surface area (Å²) in [4.78, 5) is 15.6. The summed E-state index contributed by atoms with van der Waals surface area (Å²) < 4.78 is 5.68. The normalized spacial score (nSPS) is 18.2. The summed E-state index contributed by atoms with van der Waals surface area (Å²) in [5, 5.41) is 19.9. The maximum atomic E-state index is 11.5. The number of aliphatic hydroxyl groups is 1. The van der Waals surface area contributed by atoms with Gasteiger partial charge in [-0.05, 0) is 24.8 Å². The monoisotopic (exact) mass is 322 g/mol. The van der Waals surface area contributed by atoms with E-state index in [0.717, 1.165) is 12.3 Å². The van der Waals surface area contributed by atoms with E-state index in [2.05, 4.69) is 4.98 Å². The number of hydrogen-bond acceptors (Lipinski definition) is 5.